The topological polar surface area (TPSA) is 89.3 Å². The van der Waals surface area contributed by atoms with Crippen LogP contribution in [0.2, 0.25) is 0 Å². The molecule has 1 aliphatic carbocycles. The van der Waals surface area contributed by atoms with Crippen molar-refractivity contribution in [2.24, 2.45) is 17.0 Å². The Morgan fingerprint density at radius 1 is 1.37 bits per heavy atom. The van der Waals surface area contributed by atoms with E-state index in [1.54, 1.807) is 12.1 Å². The van der Waals surface area contributed by atoms with Crippen molar-refractivity contribution in [1.29, 1.82) is 0 Å². The molecule has 0 bridgehead atoms. The fourth-order valence-corrected chi connectivity index (χ4v) is 2.51. The van der Waals surface area contributed by atoms with E-state index in [1.807, 2.05) is 0 Å². The lowest BCUT2D eigenvalue weighted by Crippen LogP contribution is -2.27. The summed E-state index contributed by atoms with van der Waals surface area (Å²) in [5.74, 6) is 0.812. The first-order chi connectivity index (χ1) is 8.88. The Bertz CT molecular complexity index is 566. The van der Waals surface area contributed by atoms with Gasteiger partial charge in [0.15, 0.2) is 0 Å². The summed E-state index contributed by atoms with van der Waals surface area (Å²) in [6.07, 6.45) is 1.66. The minimum absolute atomic E-state index is 0.104. The molecule has 0 heterocycles. The average Bonchev–Trinajstić information content (AvgIpc) is 3.06. The number of sulfonamides is 1. The molecule has 0 aromatic heterocycles. The summed E-state index contributed by atoms with van der Waals surface area (Å²) >= 11 is 0. The van der Waals surface area contributed by atoms with Crippen molar-refractivity contribution in [2.45, 2.75) is 24.7 Å². The molecule has 3 N–H and O–H groups in total. The highest BCUT2D eigenvalue weighted by Gasteiger charge is 2.38. The second kappa shape index (κ2) is 5.30. The highest BCUT2D eigenvalue weighted by Crippen LogP contribution is 2.37. The lowest BCUT2D eigenvalue weighted by Gasteiger charge is -2.05. The quantitative estimate of drug-likeness (QED) is 0.831. The smallest absolute Gasteiger partial charge is 0.238 e. The molecule has 1 fully saturated rings. The van der Waals surface area contributed by atoms with Gasteiger partial charge in [-0.2, -0.15) is 0 Å². The van der Waals surface area contributed by atoms with Gasteiger partial charge in [0.1, 0.15) is 0 Å². The standard InChI is InChI=1S/C13H18N2O3S/c1-9-8-12(9)13(16)15-7-6-10-2-4-11(5-3-10)19(14,17)18/h2-5,9,12H,6-8H2,1H3,(H,15,16)(H2,14,17,18). The van der Waals surface area contributed by atoms with Crippen molar-refractivity contribution in [3.8, 4) is 0 Å². The Balaban J connectivity index is 1.82. The maximum absolute atomic E-state index is 11.6. The van der Waals surface area contributed by atoms with Gasteiger partial charge < -0.3 is 5.32 Å². The number of benzene rings is 1. The number of nitrogens with one attached hydrogen (secondary N) is 1. The fraction of sp³-hybridized carbons (Fsp3) is 0.462. The van der Waals surface area contributed by atoms with E-state index in [2.05, 4.69) is 12.2 Å². The second-order valence-corrected chi connectivity index (χ2v) is 6.61. The predicted molar refractivity (Wildman–Crippen MR) is 71.8 cm³/mol. The van der Waals surface area contributed by atoms with E-state index in [9.17, 15) is 13.2 Å². The second-order valence-electron chi connectivity index (χ2n) is 5.05. The summed E-state index contributed by atoms with van der Waals surface area (Å²) in [5.41, 5.74) is 0.969. The van der Waals surface area contributed by atoms with E-state index in [4.69, 9.17) is 5.14 Å². The average molecular weight is 282 g/mol. The lowest BCUT2D eigenvalue weighted by molar-refractivity contribution is -0.122. The highest BCUT2D eigenvalue weighted by atomic mass is 32.2. The summed E-state index contributed by atoms with van der Waals surface area (Å²) in [5, 5.41) is 7.90. The van der Waals surface area contributed by atoms with Crippen molar-refractivity contribution in [3.05, 3.63) is 29.8 Å². The van der Waals surface area contributed by atoms with E-state index in [-0.39, 0.29) is 16.7 Å². The van der Waals surface area contributed by atoms with E-state index < -0.39 is 10.0 Å². The number of primary sulfonamides is 1. The Hall–Kier alpha value is -1.40. The first kappa shape index (κ1) is 14.0. The number of rotatable bonds is 5. The fourth-order valence-electron chi connectivity index (χ4n) is 1.99. The first-order valence-corrected chi connectivity index (χ1v) is 7.82. The summed E-state index contributed by atoms with van der Waals surface area (Å²) in [4.78, 5) is 11.7. The molecule has 2 atom stereocenters. The molecule has 1 aliphatic rings. The number of carbonyl (C=O) groups excluding carboxylic acids is 1. The molecule has 0 spiro atoms. The Kier molecular flexibility index (Phi) is 3.91. The molecule has 1 amide bonds. The van der Waals surface area contributed by atoms with E-state index in [0.717, 1.165) is 12.0 Å². The van der Waals surface area contributed by atoms with Crippen molar-refractivity contribution >= 4 is 15.9 Å². The monoisotopic (exact) mass is 282 g/mol. The van der Waals surface area contributed by atoms with Gasteiger partial charge in [-0.1, -0.05) is 19.1 Å². The van der Waals surface area contributed by atoms with E-state index in [0.29, 0.717) is 18.9 Å². The minimum Gasteiger partial charge on any atom is -0.356 e. The molecule has 1 aromatic rings. The number of nitrogens with two attached hydrogens (primary N) is 1. The van der Waals surface area contributed by atoms with Crippen LogP contribution in [0.25, 0.3) is 0 Å². The number of carbonyl (C=O) groups is 1. The molecular formula is C13H18N2O3S. The summed E-state index contributed by atoms with van der Waals surface area (Å²) in [6.45, 7) is 2.63. The van der Waals surface area contributed by atoms with Gasteiger partial charge in [-0.15, -0.1) is 0 Å². The maximum Gasteiger partial charge on any atom is 0.238 e. The van der Waals surface area contributed by atoms with Crippen LogP contribution in [0.5, 0.6) is 0 Å². The molecule has 2 unspecified atom stereocenters. The van der Waals surface area contributed by atoms with Gasteiger partial charge in [0, 0.05) is 12.5 Å². The number of amides is 1. The zero-order valence-corrected chi connectivity index (χ0v) is 11.6. The molecule has 6 heteroatoms. The molecule has 1 saturated carbocycles. The van der Waals surface area contributed by atoms with Crippen LogP contribution >= 0.6 is 0 Å². The predicted octanol–water partition coefficient (Wildman–Crippen LogP) is 0.649. The zero-order valence-electron chi connectivity index (χ0n) is 10.8. The molecule has 0 aliphatic heterocycles. The van der Waals surface area contributed by atoms with Gasteiger partial charge in [-0.05, 0) is 36.5 Å². The van der Waals surface area contributed by atoms with Crippen LogP contribution in [0.1, 0.15) is 18.9 Å². The maximum atomic E-state index is 11.6. The van der Waals surface area contributed by atoms with Crippen LogP contribution in [0.4, 0.5) is 0 Å². The molecule has 0 radical (unpaired) electrons. The van der Waals surface area contributed by atoms with Crippen molar-refractivity contribution in [3.63, 3.8) is 0 Å². The third-order valence-corrected chi connectivity index (χ3v) is 4.34. The molecule has 2 rings (SSSR count). The SMILES string of the molecule is CC1CC1C(=O)NCCc1ccc(S(N)(=O)=O)cc1. The van der Waals surface area contributed by atoms with Gasteiger partial charge >= 0.3 is 0 Å². The lowest BCUT2D eigenvalue weighted by atomic mass is 10.1. The highest BCUT2D eigenvalue weighted by molar-refractivity contribution is 7.89. The van der Waals surface area contributed by atoms with Crippen LogP contribution in [0.15, 0.2) is 29.2 Å². The molecule has 5 nitrogen and oxygen atoms in total. The van der Waals surface area contributed by atoms with Crippen molar-refractivity contribution < 1.29 is 13.2 Å². The van der Waals surface area contributed by atoms with E-state index >= 15 is 0 Å². The molecule has 0 saturated heterocycles. The van der Waals surface area contributed by atoms with Gasteiger partial charge in [-0.3, -0.25) is 4.79 Å². The molecule has 1 aromatic carbocycles. The molecule has 104 valence electrons. The van der Waals surface area contributed by atoms with Crippen LogP contribution in [-0.4, -0.2) is 20.9 Å². The number of hydrogen-bond acceptors (Lipinski definition) is 3. The van der Waals surface area contributed by atoms with Crippen molar-refractivity contribution in [2.75, 3.05) is 6.54 Å². The third kappa shape index (κ3) is 3.78. The van der Waals surface area contributed by atoms with Gasteiger partial charge in [0.25, 0.3) is 0 Å². The Labute approximate surface area is 113 Å². The summed E-state index contributed by atoms with van der Waals surface area (Å²) in [7, 11) is -3.63. The zero-order chi connectivity index (χ0) is 14.0. The Morgan fingerprint density at radius 3 is 2.42 bits per heavy atom. The summed E-state index contributed by atoms with van der Waals surface area (Å²) < 4.78 is 22.2. The van der Waals surface area contributed by atoms with Crippen molar-refractivity contribution in [1.82, 2.24) is 5.32 Å². The van der Waals surface area contributed by atoms with Crippen LogP contribution < -0.4 is 10.5 Å². The van der Waals surface area contributed by atoms with Gasteiger partial charge in [-0.25, -0.2) is 13.6 Å². The Morgan fingerprint density at radius 2 is 1.95 bits per heavy atom. The van der Waals surface area contributed by atoms with E-state index in [1.165, 1.54) is 12.1 Å². The van der Waals surface area contributed by atoms with Gasteiger partial charge in [0.05, 0.1) is 4.90 Å². The van der Waals surface area contributed by atoms with Crippen LogP contribution in [0, 0.1) is 11.8 Å². The third-order valence-electron chi connectivity index (χ3n) is 3.41. The first-order valence-electron chi connectivity index (χ1n) is 6.27. The normalized spacial score (nSPS) is 22.0. The van der Waals surface area contributed by atoms with Gasteiger partial charge in [0.2, 0.25) is 15.9 Å². The minimum atomic E-state index is -3.63. The largest absolute Gasteiger partial charge is 0.356 e. The summed E-state index contributed by atoms with van der Waals surface area (Å²) in [6, 6.07) is 6.39. The number of hydrogen-bond donors (Lipinski definition) is 2. The van der Waals surface area contributed by atoms with Crippen LogP contribution in [-0.2, 0) is 21.2 Å². The van der Waals surface area contributed by atoms with Crippen LogP contribution in [0.3, 0.4) is 0 Å². The molecule has 19 heavy (non-hydrogen) atoms. The molecular weight excluding hydrogens is 264 g/mol.